The van der Waals surface area contributed by atoms with Gasteiger partial charge in [0.05, 0.1) is 0 Å². The van der Waals surface area contributed by atoms with Crippen molar-refractivity contribution in [2.24, 2.45) is 5.92 Å². The van der Waals surface area contributed by atoms with Gasteiger partial charge in [0.1, 0.15) is 0 Å². The number of hydrogen-bond acceptors (Lipinski definition) is 0. The average Bonchev–Trinajstić information content (AvgIpc) is 2.84. The van der Waals surface area contributed by atoms with Crippen LogP contribution in [0.4, 0.5) is 0 Å². The van der Waals surface area contributed by atoms with E-state index in [9.17, 15) is 0 Å². The molecular weight excluding hydrogens is 216 g/mol. The molecule has 1 unspecified atom stereocenters. The molecule has 4 aliphatic carbocycles. The summed E-state index contributed by atoms with van der Waals surface area (Å²) in [5.74, 6) is 0.627. The first kappa shape index (κ1) is 10.6. The van der Waals surface area contributed by atoms with Crippen molar-refractivity contribution < 1.29 is 0 Å². The standard InChI is InChI=1S/C18H20/c1-2-6-14-12-18-15-10-4-7-13(15)8-5-11-17(18)16(14)9-3-1/h4-5,7,10-11,15H,1-3,6,8-9,12H2. The molecule has 4 aliphatic rings. The second kappa shape index (κ2) is 4.12. The van der Waals surface area contributed by atoms with Crippen molar-refractivity contribution in [3.63, 3.8) is 0 Å². The third kappa shape index (κ3) is 1.51. The van der Waals surface area contributed by atoms with Crippen LogP contribution >= 0.6 is 0 Å². The van der Waals surface area contributed by atoms with Gasteiger partial charge < -0.3 is 0 Å². The summed E-state index contributed by atoms with van der Waals surface area (Å²) in [7, 11) is 0. The molecule has 0 saturated heterocycles. The Morgan fingerprint density at radius 2 is 2.00 bits per heavy atom. The third-order valence-corrected chi connectivity index (χ3v) is 4.93. The molecule has 0 nitrogen and oxygen atoms in total. The minimum absolute atomic E-state index is 0.627. The molecule has 0 aromatic rings. The van der Waals surface area contributed by atoms with E-state index in [4.69, 9.17) is 0 Å². The lowest BCUT2D eigenvalue weighted by molar-refractivity contribution is 0.696. The topological polar surface area (TPSA) is 0 Å². The molecule has 1 atom stereocenters. The average molecular weight is 236 g/mol. The van der Waals surface area contributed by atoms with Crippen LogP contribution in [0.1, 0.15) is 44.9 Å². The van der Waals surface area contributed by atoms with Crippen LogP contribution in [-0.4, -0.2) is 0 Å². The van der Waals surface area contributed by atoms with Gasteiger partial charge in [-0.15, -0.1) is 0 Å². The van der Waals surface area contributed by atoms with Crippen molar-refractivity contribution >= 4 is 0 Å². The summed E-state index contributed by atoms with van der Waals surface area (Å²) in [4.78, 5) is 0. The molecule has 0 spiro atoms. The van der Waals surface area contributed by atoms with E-state index in [2.05, 4.69) is 30.4 Å². The molecule has 0 aliphatic heterocycles. The number of rotatable bonds is 0. The van der Waals surface area contributed by atoms with Crippen molar-refractivity contribution in [2.45, 2.75) is 44.9 Å². The Labute approximate surface area is 109 Å². The maximum absolute atomic E-state index is 2.43. The van der Waals surface area contributed by atoms with Gasteiger partial charge in [-0.3, -0.25) is 0 Å². The van der Waals surface area contributed by atoms with E-state index in [1.807, 2.05) is 0 Å². The maximum atomic E-state index is 2.43. The first-order valence-electron chi connectivity index (χ1n) is 7.41. The highest BCUT2D eigenvalue weighted by Crippen LogP contribution is 2.47. The summed E-state index contributed by atoms with van der Waals surface area (Å²) in [6.07, 6.45) is 21.1. The van der Waals surface area contributed by atoms with E-state index in [-0.39, 0.29) is 0 Å². The molecule has 0 saturated carbocycles. The molecule has 0 radical (unpaired) electrons. The Morgan fingerprint density at radius 1 is 1.06 bits per heavy atom. The monoisotopic (exact) mass is 236 g/mol. The highest BCUT2D eigenvalue weighted by Gasteiger charge is 2.30. The number of fused-ring (bicyclic) bond motifs is 3. The summed E-state index contributed by atoms with van der Waals surface area (Å²) in [6.45, 7) is 0. The van der Waals surface area contributed by atoms with E-state index in [0.29, 0.717) is 5.92 Å². The second-order valence-electron chi connectivity index (χ2n) is 5.97. The molecule has 0 amide bonds. The highest BCUT2D eigenvalue weighted by molar-refractivity contribution is 5.58. The molecule has 0 aromatic carbocycles. The minimum atomic E-state index is 0.627. The van der Waals surface area contributed by atoms with Crippen LogP contribution in [0.15, 0.2) is 58.2 Å². The second-order valence-corrected chi connectivity index (χ2v) is 5.97. The van der Waals surface area contributed by atoms with Crippen molar-refractivity contribution in [2.75, 3.05) is 0 Å². The third-order valence-electron chi connectivity index (χ3n) is 4.93. The van der Waals surface area contributed by atoms with Gasteiger partial charge in [0.2, 0.25) is 0 Å². The number of hydrogen-bond donors (Lipinski definition) is 0. The smallest absolute Gasteiger partial charge is 0.0208 e. The Bertz CT molecular complexity index is 534. The van der Waals surface area contributed by atoms with E-state index >= 15 is 0 Å². The molecule has 0 aromatic heterocycles. The highest BCUT2D eigenvalue weighted by atomic mass is 14.3. The summed E-state index contributed by atoms with van der Waals surface area (Å²) in [6, 6.07) is 0. The minimum Gasteiger partial charge on any atom is -0.0798 e. The molecule has 0 heteroatoms. The summed E-state index contributed by atoms with van der Waals surface area (Å²) >= 11 is 0. The van der Waals surface area contributed by atoms with E-state index in [0.717, 1.165) is 6.42 Å². The maximum Gasteiger partial charge on any atom is 0.0208 e. The zero-order valence-electron chi connectivity index (χ0n) is 10.9. The normalized spacial score (nSPS) is 29.8. The SMILES string of the molecule is C1=CC2C(=C1)CC=CC1=C2CC2=C1CCCCC2. The van der Waals surface area contributed by atoms with Gasteiger partial charge >= 0.3 is 0 Å². The molecule has 0 bridgehead atoms. The predicted molar refractivity (Wildman–Crippen MR) is 76.2 cm³/mol. The Morgan fingerprint density at radius 3 is 3.00 bits per heavy atom. The van der Waals surface area contributed by atoms with Gasteiger partial charge in [0, 0.05) is 5.92 Å². The number of allylic oxidation sites excluding steroid dienone is 10. The van der Waals surface area contributed by atoms with Gasteiger partial charge in [-0.25, -0.2) is 0 Å². The van der Waals surface area contributed by atoms with Crippen LogP contribution < -0.4 is 0 Å². The van der Waals surface area contributed by atoms with E-state index in [1.54, 1.807) is 27.9 Å². The zero-order valence-corrected chi connectivity index (χ0v) is 10.9. The largest absolute Gasteiger partial charge is 0.0798 e. The Balaban J connectivity index is 1.78. The lowest BCUT2D eigenvalue weighted by Gasteiger charge is -2.15. The first-order valence-corrected chi connectivity index (χ1v) is 7.41. The van der Waals surface area contributed by atoms with Crippen LogP contribution in [-0.2, 0) is 0 Å². The zero-order chi connectivity index (χ0) is 11.9. The van der Waals surface area contributed by atoms with Crippen LogP contribution in [0.3, 0.4) is 0 Å². The van der Waals surface area contributed by atoms with E-state index < -0.39 is 0 Å². The van der Waals surface area contributed by atoms with Gasteiger partial charge in [0.15, 0.2) is 0 Å². The molecule has 0 heterocycles. The van der Waals surface area contributed by atoms with Crippen LogP contribution in [0.2, 0.25) is 0 Å². The molecular formula is C18H20. The fraction of sp³-hybridized carbons (Fsp3) is 0.444. The quantitative estimate of drug-likeness (QED) is 0.554. The lowest BCUT2D eigenvalue weighted by atomic mass is 9.89. The first-order chi connectivity index (χ1) is 8.93. The van der Waals surface area contributed by atoms with Crippen LogP contribution in [0.25, 0.3) is 0 Å². The van der Waals surface area contributed by atoms with Gasteiger partial charge in [-0.05, 0) is 55.2 Å². The predicted octanol–water partition coefficient (Wildman–Crippen LogP) is 5.02. The van der Waals surface area contributed by atoms with Gasteiger partial charge in [-0.2, -0.15) is 0 Å². The molecule has 18 heavy (non-hydrogen) atoms. The molecule has 0 fully saturated rings. The van der Waals surface area contributed by atoms with Gasteiger partial charge in [-0.1, -0.05) is 47.9 Å². The Kier molecular flexibility index (Phi) is 2.43. The van der Waals surface area contributed by atoms with Crippen LogP contribution in [0.5, 0.6) is 0 Å². The Hall–Kier alpha value is -1.30. The summed E-state index contributed by atoms with van der Waals surface area (Å²) in [5.41, 5.74) is 8.42. The summed E-state index contributed by atoms with van der Waals surface area (Å²) < 4.78 is 0. The molecule has 4 rings (SSSR count). The fourth-order valence-corrected chi connectivity index (χ4v) is 4.03. The molecule has 92 valence electrons. The van der Waals surface area contributed by atoms with E-state index in [1.165, 1.54) is 38.5 Å². The lowest BCUT2D eigenvalue weighted by Crippen LogP contribution is -2.01. The summed E-state index contributed by atoms with van der Waals surface area (Å²) in [5, 5.41) is 0. The fourth-order valence-electron chi connectivity index (χ4n) is 4.03. The van der Waals surface area contributed by atoms with Crippen molar-refractivity contribution in [3.8, 4) is 0 Å². The van der Waals surface area contributed by atoms with Crippen molar-refractivity contribution in [1.29, 1.82) is 0 Å². The van der Waals surface area contributed by atoms with Gasteiger partial charge in [0.25, 0.3) is 0 Å². The van der Waals surface area contributed by atoms with Crippen molar-refractivity contribution in [1.82, 2.24) is 0 Å². The molecule has 0 N–H and O–H groups in total. The van der Waals surface area contributed by atoms with Crippen molar-refractivity contribution in [3.05, 3.63) is 58.2 Å². The van der Waals surface area contributed by atoms with Crippen LogP contribution in [0, 0.1) is 5.92 Å².